The van der Waals surface area contributed by atoms with Gasteiger partial charge in [0.25, 0.3) is 0 Å². The van der Waals surface area contributed by atoms with Crippen LogP contribution in [-0.2, 0) is 11.3 Å². The van der Waals surface area contributed by atoms with Gasteiger partial charge in [-0.05, 0) is 49.4 Å². The van der Waals surface area contributed by atoms with Crippen LogP contribution in [0.5, 0.6) is 11.5 Å². The Labute approximate surface area is 174 Å². The van der Waals surface area contributed by atoms with Crippen molar-refractivity contribution in [2.24, 2.45) is 16.3 Å². The van der Waals surface area contributed by atoms with E-state index in [0.29, 0.717) is 23.5 Å². The molecule has 2 aliphatic carbocycles. The van der Waals surface area contributed by atoms with Crippen LogP contribution in [0.25, 0.3) is 0 Å². The summed E-state index contributed by atoms with van der Waals surface area (Å²) in [4.78, 5) is 6.82. The van der Waals surface area contributed by atoms with Crippen LogP contribution in [0.1, 0.15) is 43.2 Å². The Morgan fingerprint density at radius 3 is 2.59 bits per heavy atom. The summed E-state index contributed by atoms with van der Waals surface area (Å²) in [6, 6.07) is 4.59. The number of aliphatic imine (C=N–C) groups is 1. The number of nitrogens with zero attached hydrogens (tertiary/aromatic N) is 2. The van der Waals surface area contributed by atoms with Crippen LogP contribution in [0, 0.1) is 18.3 Å². The zero-order chi connectivity index (χ0) is 20.6. The van der Waals surface area contributed by atoms with Gasteiger partial charge < -0.3 is 24.4 Å². The molecule has 0 bridgehead atoms. The van der Waals surface area contributed by atoms with Crippen molar-refractivity contribution in [3.05, 3.63) is 23.3 Å². The highest BCUT2D eigenvalue weighted by Crippen LogP contribution is 2.60. The number of benzene rings is 1. The Kier molecular flexibility index (Phi) is 5.65. The lowest BCUT2D eigenvalue weighted by atomic mass is 9.54. The zero-order valence-electron chi connectivity index (χ0n) is 18.5. The van der Waals surface area contributed by atoms with E-state index < -0.39 is 0 Å². The molecule has 6 nitrogen and oxygen atoms in total. The number of methoxy groups -OCH3 is 2. The molecule has 29 heavy (non-hydrogen) atoms. The molecule has 1 aromatic carbocycles. The van der Waals surface area contributed by atoms with Crippen LogP contribution in [0.4, 0.5) is 0 Å². The van der Waals surface area contributed by atoms with Gasteiger partial charge in [0.15, 0.2) is 17.5 Å². The van der Waals surface area contributed by atoms with Gasteiger partial charge in [0, 0.05) is 44.6 Å². The first-order valence-corrected chi connectivity index (χ1v) is 10.8. The van der Waals surface area contributed by atoms with Crippen LogP contribution in [0.15, 0.2) is 17.1 Å². The molecule has 3 fully saturated rings. The molecule has 2 saturated carbocycles. The van der Waals surface area contributed by atoms with Crippen molar-refractivity contribution in [2.75, 3.05) is 34.9 Å². The fourth-order valence-corrected chi connectivity index (χ4v) is 5.91. The van der Waals surface area contributed by atoms with Gasteiger partial charge in [0.1, 0.15) is 0 Å². The predicted molar refractivity (Wildman–Crippen MR) is 115 cm³/mol. The van der Waals surface area contributed by atoms with Crippen LogP contribution in [-0.4, -0.2) is 57.9 Å². The minimum absolute atomic E-state index is 0.317. The average Bonchev–Trinajstić information content (AvgIpc) is 3.38. The third-order valence-electron chi connectivity index (χ3n) is 7.39. The van der Waals surface area contributed by atoms with Gasteiger partial charge in [-0.3, -0.25) is 4.99 Å². The number of hydrogen-bond donors (Lipinski definition) is 1. The van der Waals surface area contributed by atoms with Gasteiger partial charge in [0.05, 0.1) is 20.3 Å². The van der Waals surface area contributed by atoms with Gasteiger partial charge in [0.2, 0.25) is 0 Å². The molecule has 1 N–H and O–H groups in total. The largest absolute Gasteiger partial charge is 0.493 e. The molecule has 1 aromatic rings. The molecule has 0 radical (unpaired) electrons. The molecule has 3 unspecified atom stereocenters. The number of fused-ring (bicyclic) bond motifs is 2. The molecule has 160 valence electrons. The summed E-state index contributed by atoms with van der Waals surface area (Å²) in [5.74, 6) is 3.12. The van der Waals surface area contributed by atoms with Crippen molar-refractivity contribution in [3.8, 4) is 11.5 Å². The summed E-state index contributed by atoms with van der Waals surface area (Å²) in [5, 5.41) is 3.84. The Hall–Kier alpha value is -1.95. The Balaban J connectivity index is 1.49. The maximum absolute atomic E-state index is 6.14. The van der Waals surface area contributed by atoms with Crippen LogP contribution in [0.2, 0.25) is 0 Å². The van der Waals surface area contributed by atoms with Crippen molar-refractivity contribution < 1.29 is 14.2 Å². The minimum atomic E-state index is 0.317. The molecule has 6 heteroatoms. The molecule has 3 atom stereocenters. The monoisotopic (exact) mass is 401 g/mol. The fraction of sp³-hybridized carbons (Fsp3) is 0.696. The van der Waals surface area contributed by atoms with Crippen LogP contribution in [0.3, 0.4) is 0 Å². The van der Waals surface area contributed by atoms with E-state index in [4.69, 9.17) is 14.2 Å². The first-order chi connectivity index (χ1) is 14.0. The van der Waals surface area contributed by atoms with E-state index in [-0.39, 0.29) is 0 Å². The maximum atomic E-state index is 6.14. The number of ether oxygens (including phenoxy) is 3. The standard InChI is InChI=1S/C23H35N3O3/c1-15-12-18(27-4)19(28-5)13-16(15)14-26(3)22(24-2)25-20-17-8-11-29-21(17)23(20)9-6-7-10-23/h12-13,17,20-21H,6-11,14H2,1-5H3,(H,24,25). The highest BCUT2D eigenvalue weighted by Gasteiger charge is 2.65. The normalized spacial score (nSPS) is 27.5. The first-order valence-electron chi connectivity index (χ1n) is 10.8. The summed E-state index contributed by atoms with van der Waals surface area (Å²) in [5.41, 5.74) is 2.71. The van der Waals surface area contributed by atoms with E-state index in [1.165, 1.54) is 43.2 Å². The van der Waals surface area contributed by atoms with Gasteiger partial charge in [-0.25, -0.2) is 0 Å². The zero-order valence-corrected chi connectivity index (χ0v) is 18.5. The smallest absolute Gasteiger partial charge is 0.193 e. The number of nitrogens with one attached hydrogen (secondary N) is 1. The van der Waals surface area contributed by atoms with Crippen molar-refractivity contribution in [1.29, 1.82) is 0 Å². The van der Waals surface area contributed by atoms with Gasteiger partial charge >= 0.3 is 0 Å². The van der Waals surface area contributed by atoms with Crippen molar-refractivity contribution in [3.63, 3.8) is 0 Å². The Morgan fingerprint density at radius 2 is 1.93 bits per heavy atom. The average molecular weight is 402 g/mol. The number of guanidine groups is 1. The molecule has 3 aliphatic rings. The number of hydrogen-bond acceptors (Lipinski definition) is 4. The second-order valence-electron chi connectivity index (χ2n) is 8.84. The second kappa shape index (κ2) is 8.05. The van der Waals surface area contributed by atoms with E-state index in [9.17, 15) is 0 Å². The summed E-state index contributed by atoms with van der Waals surface area (Å²) in [6.45, 7) is 3.78. The van der Waals surface area contributed by atoms with Crippen molar-refractivity contribution in [2.45, 2.75) is 57.7 Å². The van der Waals surface area contributed by atoms with E-state index in [0.717, 1.165) is 30.6 Å². The molecule has 1 aliphatic heterocycles. The van der Waals surface area contributed by atoms with E-state index >= 15 is 0 Å². The number of rotatable bonds is 5. The second-order valence-corrected chi connectivity index (χ2v) is 8.84. The molecule has 1 spiro atoms. The van der Waals surface area contributed by atoms with Crippen molar-refractivity contribution in [1.82, 2.24) is 10.2 Å². The topological polar surface area (TPSA) is 55.3 Å². The van der Waals surface area contributed by atoms with Gasteiger partial charge in [-0.1, -0.05) is 12.8 Å². The van der Waals surface area contributed by atoms with E-state index in [1.54, 1.807) is 14.2 Å². The summed E-state index contributed by atoms with van der Waals surface area (Å²) < 4.78 is 17.1. The highest BCUT2D eigenvalue weighted by molar-refractivity contribution is 5.80. The third kappa shape index (κ3) is 3.35. The number of aryl methyl sites for hydroxylation is 1. The quantitative estimate of drug-likeness (QED) is 0.606. The molecule has 1 saturated heterocycles. The molecule has 0 amide bonds. The minimum Gasteiger partial charge on any atom is -0.493 e. The van der Waals surface area contributed by atoms with Gasteiger partial charge in [-0.15, -0.1) is 0 Å². The predicted octanol–water partition coefficient (Wildman–Crippen LogP) is 3.37. The van der Waals surface area contributed by atoms with Crippen LogP contribution < -0.4 is 14.8 Å². The lowest BCUT2D eigenvalue weighted by Crippen LogP contribution is -2.69. The molecule has 0 aromatic heterocycles. The fourth-order valence-electron chi connectivity index (χ4n) is 5.91. The van der Waals surface area contributed by atoms with Crippen LogP contribution >= 0.6 is 0 Å². The Morgan fingerprint density at radius 1 is 1.24 bits per heavy atom. The molecule has 4 rings (SSSR count). The summed E-state index contributed by atoms with van der Waals surface area (Å²) in [7, 11) is 7.34. The molecular weight excluding hydrogens is 366 g/mol. The summed E-state index contributed by atoms with van der Waals surface area (Å²) in [6.07, 6.45) is 6.83. The highest BCUT2D eigenvalue weighted by atomic mass is 16.5. The SMILES string of the molecule is CN=C(NC1C2CCOC2C12CCCC2)N(C)Cc1cc(OC)c(OC)cc1C. The summed E-state index contributed by atoms with van der Waals surface area (Å²) >= 11 is 0. The Bertz CT molecular complexity index is 773. The molecule has 1 heterocycles. The third-order valence-corrected chi connectivity index (χ3v) is 7.39. The maximum Gasteiger partial charge on any atom is 0.193 e. The lowest BCUT2D eigenvalue weighted by Gasteiger charge is -2.57. The van der Waals surface area contributed by atoms with E-state index in [2.05, 4.69) is 35.2 Å². The lowest BCUT2D eigenvalue weighted by molar-refractivity contribution is -0.125. The van der Waals surface area contributed by atoms with E-state index in [1.807, 2.05) is 13.1 Å². The van der Waals surface area contributed by atoms with Gasteiger partial charge in [-0.2, -0.15) is 0 Å². The first kappa shape index (κ1) is 20.3. The van der Waals surface area contributed by atoms with Crippen molar-refractivity contribution >= 4 is 5.96 Å². The molecular formula is C23H35N3O3.